The van der Waals surface area contributed by atoms with Gasteiger partial charge < -0.3 is 9.72 Å². The van der Waals surface area contributed by atoms with Crippen LogP contribution in [0.2, 0.25) is 0 Å². The zero-order valence-corrected chi connectivity index (χ0v) is 9.97. The fourth-order valence-corrected chi connectivity index (χ4v) is 2.00. The quantitative estimate of drug-likeness (QED) is 0.791. The molecule has 0 radical (unpaired) electrons. The zero-order valence-electron chi connectivity index (χ0n) is 9.97. The van der Waals surface area contributed by atoms with E-state index in [-0.39, 0.29) is 5.88 Å². The van der Waals surface area contributed by atoms with E-state index in [1.165, 1.54) is 4.68 Å². The van der Waals surface area contributed by atoms with Crippen molar-refractivity contribution in [3.8, 4) is 17.0 Å². The topological polar surface area (TPSA) is 55.7 Å². The third-order valence-electron chi connectivity index (χ3n) is 2.74. The first-order chi connectivity index (χ1) is 9.15. The fraction of sp³-hybridized carbons (Fsp3) is 0.167. The second-order valence-electron chi connectivity index (χ2n) is 4.00. The van der Waals surface area contributed by atoms with Gasteiger partial charge in [-0.3, -0.25) is 4.68 Å². The first-order valence-corrected chi connectivity index (χ1v) is 5.56. The van der Waals surface area contributed by atoms with Crippen molar-refractivity contribution in [2.24, 2.45) is 7.05 Å². The van der Waals surface area contributed by atoms with Gasteiger partial charge in [-0.15, -0.1) is 5.10 Å². The van der Waals surface area contributed by atoms with Crippen LogP contribution in [0.1, 0.15) is 0 Å². The van der Waals surface area contributed by atoms with Crippen molar-refractivity contribution in [3.05, 3.63) is 30.7 Å². The summed E-state index contributed by atoms with van der Waals surface area (Å²) in [5.41, 5.74) is 1.92. The molecule has 0 saturated heterocycles. The molecule has 7 heteroatoms. The van der Waals surface area contributed by atoms with E-state index in [0.29, 0.717) is 11.2 Å². The average Bonchev–Trinajstić information content (AvgIpc) is 2.92. The van der Waals surface area contributed by atoms with E-state index in [1.807, 2.05) is 6.07 Å². The summed E-state index contributed by atoms with van der Waals surface area (Å²) in [6.07, 6.45) is 4.99. The van der Waals surface area contributed by atoms with Crippen LogP contribution in [0.15, 0.2) is 30.7 Å². The summed E-state index contributed by atoms with van der Waals surface area (Å²) in [6, 6.07) is 3.64. The van der Waals surface area contributed by atoms with Crippen LogP contribution in [0.25, 0.3) is 22.2 Å². The van der Waals surface area contributed by atoms with Crippen molar-refractivity contribution in [1.29, 1.82) is 0 Å². The second kappa shape index (κ2) is 4.34. The Bertz CT molecular complexity index is 719. The van der Waals surface area contributed by atoms with Crippen LogP contribution in [-0.4, -0.2) is 26.4 Å². The van der Waals surface area contributed by atoms with E-state index < -0.39 is 6.61 Å². The second-order valence-corrected chi connectivity index (χ2v) is 4.00. The van der Waals surface area contributed by atoms with Gasteiger partial charge in [-0.25, -0.2) is 4.98 Å². The molecule has 0 atom stereocenters. The highest BCUT2D eigenvalue weighted by molar-refractivity contribution is 5.94. The zero-order chi connectivity index (χ0) is 13.4. The average molecular weight is 264 g/mol. The van der Waals surface area contributed by atoms with Crippen LogP contribution in [0, 0.1) is 0 Å². The monoisotopic (exact) mass is 264 g/mol. The lowest BCUT2D eigenvalue weighted by atomic mass is 10.1. The number of aromatic amines is 1. The van der Waals surface area contributed by atoms with Gasteiger partial charge in [-0.05, 0) is 12.1 Å². The number of ether oxygens (including phenoxy) is 1. The number of hydrogen-bond acceptors (Lipinski definition) is 3. The van der Waals surface area contributed by atoms with Gasteiger partial charge in [0.1, 0.15) is 5.65 Å². The number of rotatable bonds is 3. The molecule has 1 N–H and O–H groups in total. The molecule has 19 heavy (non-hydrogen) atoms. The van der Waals surface area contributed by atoms with Crippen LogP contribution < -0.4 is 4.74 Å². The molecule has 3 aromatic heterocycles. The Morgan fingerprint density at radius 1 is 1.37 bits per heavy atom. The summed E-state index contributed by atoms with van der Waals surface area (Å²) in [4.78, 5) is 7.14. The standard InChI is InChI=1S/C12H10F2N4O/c1-18-6-9(11(17-18)19-12(13)14)8-5-16-10-7(8)3-2-4-15-10/h2-6,12H,1H3,(H,15,16). The molecule has 98 valence electrons. The molecule has 0 aliphatic rings. The van der Waals surface area contributed by atoms with Crippen LogP contribution in [-0.2, 0) is 7.05 Å². The highest BCUT2D eigenvalue weighted by Crippen LogP contribution is 2.34. The molecule has 3 rings (SSSR count). The van der Waals surface area contributed by atoms with Gasteiger partial charge in [0.15, 0.2) is 0 Å². The van der Waals surface area contributed by atoms with Gasteiger partial charge >= 0.3 is 6.61 Å². The molecule has 3 heterocycles. The van der Waals surface area contributed by atoms with Crippen molar-refractivity contribution in [3.63, 3.8) is 0 Å². The van der Waals surface area contributed by atoms with E-state index in [9.17, 15) is 8.78 Å². The SMILES string of the molecule is Cn1cc(-c2c[nH]c3ncccc23)c(OC(F)F)n1. The number of alkyl halides is 2. The summed E-state index contributed by atoms with van der Waals surface area (Å²) in [7, 11) is 1.65. The van der Waals surface area contributed by atoms with E-state index in [4.69, 9.17) is 0 Å². The Hall–Kier alpha value is -2.44. The maximum atomic E-state index is 12.4. The Balaban J connectivity index is 2.16. The highest BCUT2D eigenvalue weighted by atomic mass is 19.3. The Kier molecular flexibility index (Phi) is 2.66. The third-order valence-corrected chi connectivity index (χ3v) is 2.74. The molecule has 0 aliphatic heterocycles. The number of nitrogens with zero attached hydrogens (tertiary/aromatic N) is 3. The minimum absolute atomic E-state index is 0.0951. The van der Waals surface area contributed by atoms with Gasteiger partial charge in [0.25, 0.3) is 0 Å². The molecule has 0 bridgehead atoms. The predicted octanol–water partition coefficient (Wildman–Crippen LogP) is 2.56. The largest absolute Gasteiger partial charge is 0.415 e. The molecule has 0 saturated carbocycles. The number of H-pyrrole nitrogens is 1. The number of aryl methyl sites for hydroxylation is 1. The van der Waals surface area contributed by atoms with E-state index >= 15 is 0 Å². The third kappa shape index (κ3) is 2.03. The van der Waals surface area contributed by atoms with Gasteiger partial charge in [0, 0.05) is 36.6 Å². The number of hydrogen-bond donors (Lipinski definition) is 1. The molecular weight excluding hydrogens is 254 g/mol. The lowest BCUT2D eigenvalue weighted by Gasteiger charge is -2.02. The van der Waals surface area contributed by atoms with E-state index in [1.54, 1.807) is 31.7 Å². The number of fused-ring (bicyclic) bond motifs is 1. The molecular formula is C12H10F2N4O. The maximum absolute atomic E-state index is 12.4. The van der Waals surface area contributed by atoms with Gasteiger partial charge in [0.05, 0.1) is 5.56 Å². The summed E-state index contributed by atoms with van der Waals surface area (Å²) >= 11 is 0. The van der Waals surface area contributed by atoms with Crippen molar-refractivity contribution < 1.29 is 13.5 Å². The number of pyridine rings is 1. The summed E-state index contributed by atoms with van der Waals surface area (Å²) in [6.45, 7) is -2.91. The lowest BCUT2D eigenvalue weighted by Crippen LogP contribution is -2.03. The molecule has 3 aromatic rings. The number of aromatic nitrogens is 4. The van der Waals surface area contributed by atoms with Crippen molar-refractivity contribution >= 4 is 11.0 Å². The lowest BCUT2D eigenvalue weighted by molar-refractivity contribution is -0.0527. The first kappa shape index (κ1) is 11.6. The van der Waals surface area contributed by atoms with Crippen molar-refractivity contribution in [2.75, 3.05) is 0 Å². The molecule has 0 unspecified atom stereocenters. The van der Waals surface area contributed by atoms with Crippen molar-refractivity contribution in [1.82, 2.24) is 19.7 Å². The smallest absolute Gasteiger partial charge is 0.388 e. The van der Waals surface area contributed by atoms with Crippen LogP contribution in [0.5, 0.6) is 5.88 Å². The minimum atomic E-state index is -2.91. The van der Waals surface area contributed by atoms with Gasteiger partial charge in [0.2, 0.25) is 5.88 Å². The summed E-state index contributed by atoms with van der Waals surface area (Å²) in [5.74, 6) is -0.0951. The Labute approximate surface area is 106 Å². The Morgan fingerprint density at radius 2 is 2.21 bits per heavy atom. The Morgan fingerprint density at radius 3 is 3.00 bits per heavy atom. The van der Waals surface area contributed by atoms with E-state index in [0.717, 1.165) is 10.9 Å². The summed E-state index contributed by atoms with van der Waals surface area (Å²) in [5, 5.41) is 4.72. The normalized spacial score (nSPS) is 11.4. The fourth-order valence-electron chi connectivity index (χ4n) is 2.00. The van der Waals surface area contributed by atoms with E-state index in [2.05, 4.69) is 19.8 Å². The molecule has 0 spiro atoms. The van der Waals surface area contributed by atoms with Crippen molar-refractivity contribution in [2.45, 2.75) is 6.61 Å². The molecule has 0 aliphatic carbocycles. The summed E-state index contributed by atoms with van der Waals surface area (Å²) < 4.78 is 30.6. The number of halogens is 2. The molecule has 5 nitrogen and oxygen atoms in total. The highest BCUT2D eigenvalue weighted by Gasteiger charge is 2.18. The molecule has 0 fully saturated rings. The molecule has 0 amide bonds. The number of nitrogens with one attached hydrogen (secondary N) is 1. The van der Waals surface area contributed by atoms with Gasteiger partial charge in [-0.1, -0.05) is 0 Å². The van der Waals surface area contributed by atoms with Crippen LogP contribution in [0.4, 0.5) is 8.78 Å². The predicted molar refractivity (Wildman–Crippen MR) is 64.9 cm³/mol. The minimum Gasteiger partial charge on any atom is -0.415 e. The first-order valence-electron chi connectivity index (χ1n) is 5.56. The molecule has 0 aromatic carbocycles. The van der Waals surface area contributed by atoms with Crippen LogP contribution >= 0.6 is 0 Å². The van der Waals surface area contributed by atoms with Gasteiger partial charge in [-0.2, -0.15) is 8.78 Å². The van der Waals surface area contributed by atoms with Crippen LogP contribution in [0.3, 0.4) is 0 Å². The maximum Gasteiger partial charge on any atom is 0.388 e.